The topological polar surface area (TPSA) is 66.4 Å². The van der Waals surface area contributed by atoms with Crippen LogP contribution < -0.4 is 5.32 Å². The number of carbonyl (C=O) groups is 2. The summed E-state index contributed by atoms with van der Waals surface area (Å²) in [7, 11) is 0. The number of hydrogen-bond donors (Lipinski definition) is 2. The van der Waals surface area contributed by atoms with E-state index in [0.29, 0.717) is 26.2 Å². The van der Waals surface area contributed by atoms with Gasteiger partial charge in [-0.1, -0.05) is 58.0 Å². The summed E-state index contributed by atoms with van der Waals surface area (Å²) in [6.07, 6.45) is -0.686. The van der Waals surface area contributed by atoms with Crippen molar-refractivity contribution in [3.63, 3.8) is 0 Å². The number of hydrogen-bond acceptors (Lipinski definition) is 2. The molecule has 2 aromatic carbocycles. The van der Waals surface area contributed by atoms with Gasteiger partial charge < -0.3 is 10.4 Å². The Bertz CT molecular complexity index is 838. The molecule has 0 heterocycles. The van der Waals surface area contributed by atoms with Gasteiger partial charge in [0.05, 0.1) is 30.8 Å². The van der Waals surface area contributed by atoms with Crippen molar-refractivity contribution in [1.82, 2.24) is 0 Å². The highest BCUT2D eigenvalue weighted by Crippen LogP contribution is 2.41. The molecular weight excluding hydrogens is 419 g/mol. The molecule has 0 unspecified atom stereocenters. The van der Waals surface area contributed by atoms with Crippen molar-refractivity contribution >= 4 is 75.6 Å². The minimum atomic E-state index is -1.26. The average molecular weight is 427 g/mol. The summed E-state index contributed by atoms with van der Waals surface area (Å²) in [4.78, 5) is 22.1. The number of benzene rings is 2. The second kappa shape index (κ2) is 7.81. The number of anilines is 1. The lowest BCUT2D eigenvalue weighted by Gasteiger charge is -2.13. The monoisotopic (exact) mass is 425 g/mol. The minimum absolute atomic E-state index is 0.162. The summed E-state index contributed by atoms with van der Waals surface area (Å²) in [5.41, 5.74) is 1.19. The van der Waals surface area contributed by atoms with Crippen molar-refractivity contribution in [2.75, 3.05) is 5.32 Å². The lowest BCUT2D eigenvalue weighted by Crippen LogP contribution is -2.16. The van der Waals surface area contributed by atoms with Crippen molar-refractivity contribution < 1.29 is 14.7 Å². The third-order valence-corrected chi connectivity index (χ3v) is 4.60. The van der Waals surface area contributed by atoms with Gasteiger partial charge >= 0.3 is 5.97 Å². The van der Waals surface area contributed by atoms with Crippen LogP contribution in [0, 0.1) is 0 Å². The lowest BCUT2D eigenvalue weighted by atomic mass is 10.0. The molecule has 9 heteroatoms. The Morgan fingerprint density at radius 3 is 1.88 bits per heavy atom. The molecule has 2 rings (SSSR count). The number of carbonyl (C=O) groups excluding carboxylic acids is 1. The van der Waals surface area contributed by atoms with E-state index in [-0.39, 0.29) is 15.7 Å². The SMILES string of the molecule is O=C(O)CC(=O)Nc1cc(Cl)c(-c2cc(Cl)c(Cl)cc2Cl)cc1Cl. The van der Waals surface area contributed by atoms with Gasteiger partial charge in [-0.25, -0.2) is 0 Å². The van der Waals surface area contributed by atoms with Crippen LogP contribution in [0.2, 0.25) is 25.1 Å². The first-order chi connectivity index (χ1) is 11.2. The third-order valence-electron chi connectivity index (χ3n) is 2.94. The minimum Gasteiger partial charge on any atom is -0.481 e. The summed E-state index contributed by atoms with van der Waals surface area (Å²) >= 11 is 30.4. The predicted molar refractivity (Wildman–Crippen MR) is 97.8 cm³/mol. The van der Waals surface area contributed by atoms with Gasteiger partial charge in [-0.15, -0.1) is 0 Å². The molecule has 0 radical (unpaired) electrons. The molecule has 1 amide bonds. The fourth-order valence-electron chi connectivity index (χ4n) is 1.91. The Hall–Kier alpha value is -1.17. The number of rotatable bonds is 4. The van der Waals surface area contributed by atoms with Gasteiger partial charge in [-0.3, -0.25) is 9.59 Å². The van der Waals surface area contributed by atoms with E-state index in [0.717, 1.165) is 0 Å². The van der Waals surface area contributed by atoms with Crippen molar-refractivity contribution in [1.29, 1.82) is 0 Å². The number of aliphatic carboxylic acids is 1. The Morgan fingerprint density at radius 1 is 0.792 bits per heavy atom. The van der Waals surface area contributed by atoms with E-state index in [1.54, 1.807) is 6.07 Å². The van der Waals surface area contributed by atoms with Gasteiger partial charge in [0.2, 0.25) is 5.91 Å². The first-order valence-electron chi connectivity index (χ1n) is 6.34. The Balaban J connectivity index is 2.42. The van der Waals surface area contributed by atoms with Crippen molar-refractivity contribution in [2.24, 2.45) is 0 Å². The van der Waals surface area contributed by atoms with Crippen molar-refractivity contribution in [3.8, 4) is 11.1 Å². The zero-order valence-corrected chi connectivity index (χ0v) is 15.4. The summed E-state index contributed by atoms with van der Waals surface area (Å²) in [5.74, 6) is -1.98. The van der Waals surface area contributed by atoms with E-state index in [9.17, 15) is 9.59 Å². The molecule has 0 saturated carbocycles. The molecule has 0 aliphatic rings. The molecule has 4 nitrogen and oxygen atoms in total. The van der Waals surface area contributed by atoms with E-state index in [1.165, 1.54) is 18.2 Å². The van der Waals surface area contributed by atoms with E-state index < -0.39 is 18.3 Å². The number of carboxylic acids is 1. The van der Waals surface area contributed by atoms with Gasteiger partial charge in [0, 0.05) is 11.1 Å². The molecule has 2 aromatic rings. The number of amides is 1. The fourth-order valence-corrected chi connectivity index (χ4v) is 3.03. The number of carboxylic acid groups (broad SMARTS) is 1. The fraction of sp³-hybridized carbons (Fsp3) is 0.0667. The van der Waals surface area contributed by atoms with Gasteiger partial charge in [0.25, 0.3) is 0 Å². The molecule has 0 aliphatic heterocycles. The van der Waals surface area contributed by atoms with Crippen LogP contribution in [0.4, 0.5) is 5.69 Å². The molecule has 0 spiro atoms. The summed E-state index contributed by atoms with van der Waals surface area (Å²) < 4.78 is 0. The maximum absolute atomic E-state index is 11.5. The van der Waals surface area contributed by atoms with Crippen LogP contribution in [-0.2, 0) is 9.59 Å². The molecule has 0 bridgehead atoms. The first-order valence-corrected chi connectivity index (χ1v) is 8.23. The Labute approximate surface area is 162 Å². The van der Waals surface area contributed by atoms with Crippen LogP contribution >= 0.6 is 58.0 Å². The normalized spacial score (nSPS) is 10.5. The van der Waals surface area contributed by atoms with Crippen LogP contribution in [-0.4, -0.2) is 17.0 Å². The zero-order chi connectivity index (χ0) is 18.0. The summed E-state index contributed by atoms with van der Waals surface area (Å²) in [5, 5.41) is 12.3. The molecule has 0 aromatic heterocycles. The number of halogens is 5. The van der Waals surface area contributed by atoms with Crippen LogP contribution in [0.15, 0.2) is 24.3 Å². The van der Waals surface area contributed by atoms with Crippen LogP contribution in [0.25, 0.3) is 11.1 Å². The summed E-state index contributed by atoms with van der Waals surface area (Å²) in [6, 6.07) is 5.92. The van der Waals surface area contributed by atoms with Gasteiger partial charge in [0.15, 0.2) is 0 Å². The maximum Gasteiger partial charge on any atom is 0.312 e. The van der Waals surface area contributed by atoms with Crippen molar-refractivity contribution in [2.45, 2.75) is 6.42 Å². The second-order valence-corrected chi connectivity index (χ2v) is 6.71. The largest absolute Gasteiger partial charge is 0.481 e. The first kappa shape index (κ1) is 19.2. The Kier molecular flexibility index (Phi) is 6.23. The highest BCUT2D eigenvalue weighted by Gasteiger charge is 2.16. The maximum atomic E-state index is 11.5. The average Bonchev–Trinajstić information content (AvgIpc) is 2.46. The van der Waals surface area contributed by atoms with Gasteiger partial charge in [0.1, 0.15) is 6.42 Å². The molecule has 0 atom stereocenters. The van der Waals surface area contributed by atoms with E-state index in [1.807, 2.05) is 0 Å². The molecule has 0 fully saturated rings. The molecule has 2 N–H and O–H groups in total. The lowest BCUT2D eigenvalue weighted by molar-refractivity contribution is -0.139. The highest BCUT2D eigenvalue weighted by atomic mass is 35.5. The smallest absolute Gasteiger partial charge is 0.312 e. The van der Waals surface area contributed by atoms with E-state index in [4.69, 9.17) is 63.1 Å². The quantitative estimate of drug-likeness (QED) is 0.462. The molecule has 126 valence electrons. The zero-order valence-electron chi connectivity index (χ0n) is 11.7. The second-order valence-electron chi connectivity index (χ2n) is 4.68. The predicted octanol–water partition coefficient (Wildman–Crippen LogP) is 6.03. The van der Waals surface area contributed by atoms with Crippen molar-refractivity contribution in [3.05, 3.63) is 49.4 Å². The standard InChI is InChI=1S/C15H8Cl5NO3/c16-8-3-11(19)10(18)1-6(8)7-2-12(20)13(4-9(7)17)21-14(22)5-15(23)24/h1-4H,5H2,(H,21,22)(H,23,24). The molecule has 0 aliphatic carbocycles. The number of nitrogens with one attached hydrogen (secondary N) is 1. The van der Waals surface area contributed by atoms with E-state index in [2.05, 4.69) is 5.32 Å². The molecule has 0 saturated heterocycles. The third kappa shape index (κ3) is 4.47. The van der Waals surface area contributed by atoms with Crippen LogP contribution in [0.1, 0.15) is 6.42 Å². The van der Waals surface area contributed by atoms with Crippen LogP contribution in [0.5, 0.6) is 0 Å². The van der Waals surface area contributed by atoms with Crippen LogP contribution in [0.3, 0.4) is 0 Å². The molecular formula is C15H8Cl5NO3. The van der Waals surface area contributed by atoms with Gasteiger partial charge in [-0.2, -0.15) is 0 Å². The molecule has 24 heavy (non-hydrogen) atoms. The van der Waals surface area contributed by atoms with E-state index >= 15 is 0 Å². The summed E-state index contributed by atoms with van der Waals surface area (Å²) in [6.45, 7) is 0. The Morgan fingerprint density at radius 2 is 1.29 bits per heavy atom. The van der Waals surface area contributed by atoms with Gasteiger partial charge in [-0.05, 0) is 24.3 Å². The highest BCUT2D eigenvalue weighted by molar-refractivity contribution is 6.44.